The number of benzene rings is 1. The number of nitrogens with one attached hydrogen (secondary N) is 2. The number of hydrogen-bond acceptors (Lipinski definition) is 2. The number of alkyl halides is 5. The minimum absolute atomic E-state index is 0.111. The van der Waals surface area contributed by atoms with Gasteiger partial charge in [-0.15, -0.1) is 23.2 Å². The molecule has 1 saturated carbocycles. The first kappa shape index (κ1) is 27.4. The van der Waals surface area contributed by atoms with E-state index in [1.54, 1.807) is 0 Å². The lowest BCUT2D eigenvalue weighted by Gasteiger charge is -2.13. The Bertz CT molecular complexity index is 1050. The Hall–Kier alpha value is -1.81. The molecular formula is C20H15Cl4F5N2O2. The third-order valence-corrected chi connectivity index (χ3v) is 5.97. The standard InChI is InChI=1S/C20H15Cl4F5N2O2/c1-8(3-5-11(25)9(2)21)14-15(20(14,23)24)18(33)31-12-6-4-10(22)13(16(12)26)17(32)30-7-19(27,28)29/h3-6,14-15H,1,7H2,2H3,(H,30,32)(H,31,33)/b5-3-,11-9-/t14-,15+/m0/s1. The lowest BCUT2D eigenvalue weighted by molar-refractivity contribution is -0.123. The summed E-state index contributed by atoms with van der Waals surface area (Å²) in [5.41, 5.74) is -1.23. The first-order valence-electron chi connectivity index (χ1n) is 8.98. The third kappa shape index (κ3) is 6.62. The zero-order chi connectivity index (χ0) is 25.3. The smallest absolute Gasteiger partial charge is 0.343 e. The van der Waals surface area contributed by atoms with Gasteiger partial charge >= 0.3 is 6.18 Å². The van der Waals surface area contributed by atoms with E-state index in [-0.39, 0.29) is 10.6 Å². The maximum Gasteiger partial charge on any atom is 0.405 e. The molecule has 0 unspecified atom stereocenters. The van der Waals surface area contributed by atoms with Gasteiger partial charge < -0.3 is 10.6 Å². The van der Waals surface area contributed by atoms with Crippen molar-refractivity contribution >= 4 is 63.9 Å². The molecule has 0 heterocycles. The van der Waals surface area contributed by atoms with Crippen LogP contribution in [0, 0.1) is 17.7 Å². The SMILES string of the molecule is C=C(/C=C\C(F)=C(/C)Cl)[C@H]1[C@H](C(=O)Nc2ccc(Cl)c(C(=O)NCC(F)(F)F)c2F)C1(Cl)Cl. The van der Waals surface area contributed by atoms with Crippen LogP contribution in [0.25, 0.3) is 0 Å². The van der Waals surface area contributed by atoms with Crippen LogP contribution < -0.4 is 10.6 Å². The highest BCUT2D eigenvalue weighted by atomic mass is 35.5. The van der Waals surface area contributed by atoms with Gasteiger partial charge in [0, 0.05) is 5.92 Å². The molecule has 2 N–H and O–H groups in total. The molecule has 2 atom stereocenters. The van der Waals surface area contributed by atoms with Gasteiger partial charge in [-0.25, -0.2) is 8.78 Å². The van der Waals surface area contributed by atoms with Gasteiger partial charge in [0.1, 0.15) is 16.7 Å². The minimum atomic E-state index is -4.73. The Morgan fingerprint density at radius 1 is 1.21 bits per heavy atom. The van der Waals surface area contributed by atoms with Gasteiger partial charge in [-0.05, 0) is 30.7 Å². The third-order valence-electron chi connectivity index (χ3n) is 4.53. The van der Waals surface area contributed by atoms with Gasteiger partial charge in [-0.1, -0.05) is 35.9 Å². The number of carbonyl (C=O) groups is 2. The van der Waals surface area contributed by atoms with Gasteiger partial charge in [0.15, 0.2) is 5.82 Å². The molecule has 0 aromatic heterocycles. The summed E-state index contributed by atoms with van der Waals surface area (Å²) in [6, 6.07) is 2.03. The lowest BCUT2D eigenvalue weighted by Crippen LogP contribution is -2.34. The fourth-order valence-corrected chi connectivity index (χ4v) is 4.00. The van der Waals surface area contributed by atoms with Crippen molar-refractivity contribution in [3.8, 4) is 0 Å². The summed E-state index contributed by atoms with van der Waals surface area (Å²) < 4.78 is 63.7. The normalized spacial score (nSPS) is 20.3. The van der Waals surface area contributed by atoms with Crippen molar-refractivity contribution < 1.29 is 31.5 Å². The fourth-order valence-electron chi connectivity index (χ4n) is 2.85. The number of allylic oxidation sites excluding steroid dienone is 5. The number of rotatable bonds is 7. The Morgan fingerprint density at radius 3 is 2.36 bits per heavy atom. The van der Waals surface area contributed by atoms with E-state index >= 15 is 0 Å². The monoisotopic (exact) mass is 550 g/mol. The van der Waals surface area contributed by atoms with E-state index in [0.717, 1.165) is 18.2 Å². The van der Waals surface area contributed by atoms with E-state index in [1.807, 2.05) is 0 Å². The van der Waals surface area contributed by atoms with Crippen molar-refractivity contribution in [3.63, 3.8) is 0 Å². The summed E-state index contributed by atoms with van der Waals surface area (Å²) in [5.74, 6) is -6.38. The fraction of sp³-hybridized carbons (Fsp3) is 0.300. The molecule has 1 aromatic rings. The first-order chi connectivity index (χ1) is 15.1. The topological polar surface area (TPSA) is 58.2 Å². The summed E-state index contributed by atoms with van der Waals surface area (Å²) in [6.45, 7) is 3.30. The zero-order valence-corrected chi connectivity index (χ0v) is 19.6. The highest BCUT2D eigenvalue weighted by Crippen LogP contribution is 2.62. The van der Waals surface area contributed by atoms with Gasteiger partial charge in [0.05, 0.1) is 27.2 Å². The van der Waals surface area contributed by atoms with Crippen LogP contribution in [0.1, 0.15) is 17.3 Å². The highest BCUT2D eigenvalue weighted by Gasteiger charge is 2.67. The number of anilines is 1. The van der Waals surface area contributed by atoms with Crippen LogP contribution in [0.5, 0.6) is 0 Å². The van der Waals surface area contributed by atoms with Crippen molar-refractivity contribution in [2.45, 2.75) is 17.4 Å². The zero-order valence-electron chi connectivity index (χ0n) is 16.6. The van der Waals surface area contributed by atoms with Crippen LogP contribution in [0.4, 0.5) is 27.6 Å². The van der Waals surface area contributed by atoms with E-state index in [1.165, 1.54) is 18.3 Å². The molecule has 33 heavy (non-hydrogen) atoms. The number of carbonyl (C=O) groups excluding carboxylic acids is 2. The summed E-state index contributed by atoms with van der Waals surface area (Å²) in [5, 5.41) is 3.09. The molecule has 0 spiro atoms. The molecule has 1 aromatic carbocycles. The summed E-state index contributed by atoms with van der Waals surface area (Å²) in [7, 11) is 0. The van der Waals surface area contributed by atoms with Crippen LogP contribution in [0.15, 0.2) is 47.3 Å². The Morgan fingerprint density at radius 2 is 1.82 bits per heavy atom. The Labute approximate surface area is 205 Å². The maximum atomic E-state index is 14.8. The van der Waals surface area contributed by atoms with Crippen molar-refractivity contribution in [3.05, 3.63) is 63.7 Å². The summed E-state index contributed by atoms with van der Waals surface area (Å²) >= 11 is 23.5. The van der Waals surface area contributed by atoms with Crippen LogP contribution in [-0.2, 0) is 4.79 Å². The first-order valence-corrected chi connectivity index (χ1v) is 10.5. The second kappa shape index (κ2) is 10.2. The van der Waals surface area contributed by atoms with Crippen LogP contribution >= 0.6 is 46.4 Å². The molecule has 0 aliphatic heterocycles. The van der Waals surface area contributed by atoms with Crippen LogP contribution in [0.2, 0.25) is 5.02 Å². The van der Waals surface area contributed by atoms with Gasteiger partial charge in [0.2, 0.25) is 5.91 Å². The van der Waals surface area contributed by atoms with Crippen molar-refractivity contribution in [2.24, 2.45) is 11.8 Å². The van der Waals surface area contributed by atoms with E-state index < -0.39 is 68.6 Å². The van der Waals surface area contributed by atoms with Crippen molar-refractivity contribution in [1.82, 2.24) is 5.32 Å². The van der Waals surface area contributed by atoms with Crippen molar-refractivity contribution in [2.75, 3.05) is 11.9 Å². The van der Waals surface area contributed by atoms with Gasteiger partial charge in [-0.2, -0.15) is 13.2 Å². The summed E-state index contributed by atoms with van der Waals surface area (Å²) in [4.78, 5) is 24.6. The maximum absolute atomic E-state index is 14.8. The van der Waals surface area contributed by atoms with E-state index in [4.69, 9.17) is 46.4 Å². The minimum Gasteiger partial charge on any atom is -0.343 e. The van der Waals surface area contributed by atoms with Gasteiger partial charge in [0.25, 0.3) is 5.91 Å². The molecule has 2 amide bonds. The number of halogens is 9. The van der Waals surface area contributed by atoms with E-state index in [0.29, 0.717) is 0 Å². The molecule has 180 valence electrons. The predicted molar refractivity (Wildman–Crippen MR) is 118 cm³/mol. The second-order valence-corrected chi connectivity index (χ2v) is 9.41. The number of hydrogen-bond donors (Lipinski definition) is 2. The molecule has 0 bridgehead atoms. The van der Waals surface area contributed by atoms with Crippen LogP contribution in [-0.4, -0.2) is 28.9 Å². The predicted octanol–water partition coefficient (Wildman–Crippen LogP) is 6.68. The van der Waals surface area contributed by atoms with Gasteiger partial charge in [-0.3, -0.25) is 9.59 Å². The average Bonchev–Trinajstić information content (AvgIpc) is 3.28. The largest absolute Gasteiger partial charge is 0.405 e. The van der Waals surface area contributed by atoms with Crippen molar-refractivity contribution in [1.29, 1.82) is 0 Å². The molecule has 1 aliphatic rings. The molecule has 2 rings (SSSR count). The molecule has 1 fully saturated rings. The molecule has 0 radical (unpaired) electrons. The molecule has 13 heteroatoms. The Balaban J connectivity index is 2.19. The van der Waals surface area contributed by atoms with E-state index in [2.05, 4.69) is 11.9 Å². The molecule has 1 aliphatic carbocycles. The van der Waals surface area contributed by atoms with E-state index in [9.17, 15) is 31.5 Å². The lowest BCUT2D eigenvalue weighted by atomic mass is 10.1. The quantitative estimate of drug-likeness (QED) is 0.225. The van der Waals surface area contributed by atoms with Crippen LogP contribution in [0.3, 0.4) is 0 Å². The highest BCUT2D eigenvalue weighted by molar-refractivity contribution is 6.53. The average molecular weight is 552 g/mol. The molecule has 0 saturated heterocycles. The molecular weight excluding hydrogens is 537 g/mol. The Kier molecular flexibility index (Phi) is 8.49. The summed E-state index contributed by atoms with van der Waals surface area (Å²) in [6.07, 6.45) is -2.50. The number of amides is 2. The second-order valence-electron chi connectivity index (χ2n) is 6.99. The molecule has 4 nitrogen and oxygen atoms in total.